The highest BCUT2D eigenvalue weighted by atomic mass is 19.1. The molecule has 1 aromatic rings. The Labute approximate surface area is 174 Å². The largest absolute Gasteiger partial charge is 0.505 e. The second-order valence-corrected chi connectivity index (χ2v) is 9.18. The Morgan fingerprint density at radius 1 is 1.24 bits per heavy atom. The Morgan fingerprint density at radius 3 is 2.34 bits per heavy atom. The van der Waals surface area contributed by atoms with Crippen LogP contribution in [0.5, 0.6) is 11.5 Å². The van der Waals surface area contributed by atoms with Crippen LogP contribution in [-0.4, -0.2) is 42.8 Å². The maximum Gasteiger partial charge on any atom is 0.206 e. The van der Waals surface area contributed by atoms with Crippen LogP contribution in [0.25, 0.3) is 0 Å². The summed E-state index contributed by atoms with van der Waals surface area (Å²) in [4.78, 5) is 12.4. The number of halogens is 1. The highest BCUT2D eigenvalue weighted by molar-refractivity contribution is 5.49. The van der Waals surface area contributed by atoms with Gasteiger partial charge in [0.25, 0.3) is 0 Å². The predicted molar refractivity (Wildman–Crippen MR) is 115 cm³/mol. The average Bonchev–Trinajstić information content (AvgIpc) is 3.51. The molecule has 0 atom stereocenters. The second-order valence-electron chi connectivity index (χ2n) is 9.18. The van der Waals surface area contributed by atoms with E-state index in [2.05, 4.69) is 30.8 Å². The smallest absolute Gasteiger partial charge is 0.206 e. The van der Waals surface area contributed by atoms with E-state index < -0.39 is 5.82 Å². The van der Waals surface area contributed by atoms with E-state index in [0.29, 0.717) is 25.1 Å². The Bertz CT molecular complexity index is 675. The standard InChI is InChI=1S/C14H17FN2O3.C7H14.C2H6/c15-12-11(18)2-1-10-13(12)20-9-14(10)3-6-17(7-4-14)8-5-16-19;1-7(2,3)6-4-5-6;1-2/h1-2,18H,3-9H2;6H,4-5H2,1-3H3;1-2H3. The number of likely N-dealkylation sites (tertiary alicyclic amines) is 1. The van der Waals surface area contributed by atoms with Gasteiger partial charge in [-0.15, -0.1) is 0 Å². The van der Waals surface area contributed by atoms with Gasteiger partial charge in [-0.05, 0) is 56.2 Å². The SMILES string of the molecule is CC.CC(C)(C)C1CC1.O=NCCN1CCC2(CC1)COc1c2ccc(O)c1F. The minimum absolute atomic E-state index is 0.158. The Kier molecular flexibility index (Phi) is 8.03. The van der Waals surface area contributed by atoms with Crippen molar-refractivity contribution in [3.63, 3.8) is 0 Å². The van der Waals surface area contributed by atoms with Gasteiger partial charge < -0.3 is 14.7 Å². The molecule has 3 aliphatic rings. The first-order valence-electron chi connectivity index (χ1n) is 10.9. The first kappa shape index (κ1) is 23.6. The van der Waals surface area contributed by atoms with Gasteiger partial charge in [-0.25, -0.2) is 0 Å². The summed E-state index contributed by atoms with van der Waals surface area (Å²) in [6.07, 6.45) is 4.68. The summed E-state index contributed by atoms with van der Waals surface area (Å²) >= 11 is 0. The minimum atomic E-state index is -0.660. The van der Waals surface area contributed by atoms with Crippen LogP contribution in [0.1, 0.15) is 65.9 Å². The van der Waals surface area contributed by atoms with Gasteiger partial charge in [0.2, 0.25) is 5.82 Å². The number of phenols is 1. The summed E-state index contributed by atoms with van der Waals surface area (Å²) in [5.41, 5.74) is 1.32. The van der Waals surface area contributed by atoms with E-state index in [1.807, 2.05) is 13.8 Å². The molecule has 2 fully saturated rings. The van der Waals surface area contributed by atoms with Crippen LogP contribution in [0.3, 0.4) is 0 Å². The molecule has 0 radical (unpaired) electrons. The van der Waals surface area contributed by atoms with Crippen molar-refractivity contribution in [1.29, 1.82) is 0 Å². The fourth-order valence-electron chi connectivity index (χ4n) is 4.14. The van der Waals surface area contributed by atoms with Gasteiger partial charge in [-0.1, -0.05) is 45.9 Å². The molecule has 1 N–H and O–H groups in total. The maximum atomic E-state index is 13.9. The van der Waals surface area contributed by atoms with Crippen LogP contribution in [0.4, 0.5) is 4.39 Å². The van der Waals surface area contributed by atoms with Crippen LogP contribution < -0.4 is 4.74 Å². The van der Waals surface area contributed by atoms with Gasteiger partial charge in [0.15, 0.2) is 11.5 Å². The Hall–Kier alpha value is -1.69. The van der Waals surface area contributed by atoms with E-state index in [1.165, 1.54) is 18.9 Å². The summed E-state index contributed by atoms with van der Waals surface area (Å²) in [7, 11) is 0. The van der Waals surface area contributed by atoms with E-state index in [9.17, 15) is 14.4 Å². The number of hydrogen-bond acceptors (Lipinski definition) is 5. The zero-order valence-corrected chi connectivity index (χ0v) is 18.6. The molecule has 1 saturated heterocycles. The molecule has 2 heterocycles. The predicted octanol–water partition coefficient (Wildman–Crippen LogP) is 5.49. The van der Waals surface area contributed by atoms with Crippen LogP contribution >= 0.6 is 0 Å². The molecule has 6 heteroatoms. The zero-order valence-electron chi connectivity index (χ0n) is 18.6. The van der Waals surface area contributed by atoms with Gasteiger partial charge in [-0.2, -0.15) is 9.30 Å². The number of hydrogen-bond donors (Lipinski definition) is 1. The molecule has 1 spiro atoms. The van der Waals surface area contributed by atoms with Gasteiger partial charge >= 0.3 is 0 Å². The van der Waals surface area contributed by atoms with Crippen molar-refractivity contribution in [3.8, 4) is 11.5 Å². The van der Waals surface area contributed by atoms with Crippen LogP contribution in [0.2, 0.25) is 0 Å². The van der Waals surface area contributed by atoms with Crippen LogP contribution in [-0.2, 0) is 5.41 Å². The lowest BCUT2D eigenvalue weighted by molar-refractivity contribution is 0.137. The number of phenolic OH excluding ortho intramolecular Hbond substituents is 1. The number of nitrogens with zero attached hydrogens (tertiary/aromatic N) is 2. The fourth-order valence-corrected chi connectivity index (χ4v) is 4.14. The quantitative estimate of drug-likeness (QED) is 0.672. The first-order valence-corrected chi connectivity index (χ1v) is 10.9. The first-order chi connectivity index (χ1) is 13.8. The monoisotopic (exact) mass is 408 g/mol. The number of ether oxygens (including phenoxy) is 1. The summed E-state index contributed by atoms with van der Waals surface area (Å²) in [6, 6.07) is 3.16. The number of aromatic hydroxyl groups is 1. The lowest BCUT2D eigenvalue weighted by Gasteiger charge is -2.38. The van der Waals surface area contributed by atoms with Crippen molar-refractivity contribution >= 4 is 0 Å². The second kappa shape index (κ2) is 9.88. The summed E-state index contributed by atoms with van der Waals surface area (Å²) in [5, 5.41) is 12.3. The van der Waals surface area contributed by atoms with Crippen molar-refractivity contribution in [2.45, 2.75) is 65.7 Å². The van der Waals surface area contributed by atoms with Gasteiger partial charge in [-0.3, -0.25) is 0 Å². The average molecular weight is 409 g/mol. The van der Waals surface area contributed by atoms with E-state index >= 15 is 0 Å². The van der Waals surface area contributed by atoms with E-state index in [4.69, 9.17) is 4.74 Å². The zero-order chi connectivity index (χ0) is 21.7. The molecular weight excluding hydrogens is 371 g/mol. The lowest BCUT2D eigenvalue weighted by Crippen LogP contribution is -2.44. The highest BCUT2D eigenvalue weighted by Gasteiger charge is 2.44. The Balaban J connectivity index is 0.000000280. The molecule has 164 valence electrons. The van der Waals surface area contributed by atoms with Gasteiger partial charge in [0.1, 0.15) is 0 Å². The molecule has 29 heavy (non-hydrogen) atoms. The molecule has 1 aliphatic carbocycles. The molecular formula is C23H37FN2O3. The van der Waals surface area contributed by atoms with Crippen LogP contribution in [0.15, 0.2) is 17.3 Å². The molecule has 0 unspecified atom stereocenters. The van der Waals surface area contributed by atoms with E-state index in [-0.39, 0.29) is 16.9 Å². The number of fused-ring (bicyclic) bond motifs is 2. The van der Waals surface area contributed by atoms with Crippen molar-refractivity contribution in [3.05, 3.63) is 28.4 Å². The number of rotatable bonds is 3. The third-order valence-electron chi connectivity index (χ3n) is 6.26. The van der Waals surface area contributed by atoms with Gasteiger partial charge in [0.05, 0.1) is 13.2 Å². The molecule has 0 amide bonds. The summed E-state index contributed by atoms with van der Waals surface area (Å²) < 4.78 is 19.3. The van der Waals surface area contributed by atoms with Crippen molar-refractivity contribution < 1.29 is 14.2 Å². The maximum absolute atomic E-state index is 13.9. The number of nitroso groups, excluding NO2 is 1. The molecule has 4 rings (SSSR count). The van der Waals surface area contributed by atoms with Crippen molar-refractivity contribution in [1.82, 2.24) is 4.90 Å². The molecule has 1 saturated carbocycles. The molecule has 0 bridgehead atoms. The van der Waals surface area contributed by atoms with E-state index in [1.54, 1.807) is 6.07 Å². The molecule has 0 aromatic heterocycles. The fraction of sp³-hybridized carbons (Fsp3) is 0.739. The molecule has 1 aromatic carbocycles. The molecule has 5 nitrogen and oxygen atoms in total. The third-order valence-corrected chi connectivity index (χ3v) is 6.26. The van der Waals surface area contributed by atoms with Crippen LogP contribution in [0, 0.1) is 22.1 Å². The number of benzene rings is 1. The normalized spacial score (nSPS) is 19.9. The van der Waals surface area contributed by atoms with Gasteiger partial charge in [0, 0.05) is 17.5 Å². The summed E-state index contributed by atoms with van der Waals surface area (Å²) in [5.74, 6) is 0.225. The Morgan fingerprint density at radius 2 is 1.86 bits per heavy atom. The highest BCUT2D eigenvalue weighted by Crippen LogP contribution is 2.48. The lowest BCUT2D eigenvalue weighted by atomic mass is 9.74. The molecule has 2 aliphatic heterocycles. The van der Waals surface area contributed by atoms with E-state index in [0.717, 1.165) is 37.4 Å². The third kappa shape index (κ3) is 5.68. The topological polar surface area (TPSA) is 62.1 Å². The minimum Gasteiger partial charge on any atom is -0.505 e. The van der Waals surface area contributed by atoms with Crippen molar-refractivity contribution in [2.75, 3.05) is 32.8 Å². The van der Waals surface area contributed by atoms with Crippen molar-refractivity contribution in [2.24, 2.45) is 16.5 Å². The summed E-state index contributed by atoms with van der Waals surface area (Å²) in [6.45, 7) is 14.1. The number of piperidine rings is 1.